The molecule has 0 radical (unpaired) electrons. The number of unbranched alkanes of at least 4 members (excludes halogenated alkanes) is 2. The van der Waals surface area contributed by atoms with E-state index >= 15 is 0 Å². The van der Waals surface area contributed by atoms with Gasteiger partial charge in [-0.2, -0.15) is 0 Å². The predicted molar refractivity (Wildman–Crippen MR) is 106 cm³/mol. The molecule has 1 saturated heterocycles. The van der Waals surface area contributed by atoms with E-state index in [9.17, 15) is 19.2 Å². The van der Waals surface area contributed by atoms with Gasteiger partial charge >= 0.3 is 5.97 Å². The average molecular weight is 397 g/mol. The summed E-state index contributed by atoms with van der Waals surface area (Å²) in [6, 6.07) is -1.58. The molecule has 160 valence electrons. The van der Waals surface area contributed by atoms with Crippen LogP contribution in [0.4, 0.5) is 0 Å². The fourth-order valence-electron chi connectivity index (χ4n) is 3.48. The summed E-state index contributed by atoms with van der Waals surface area (Å²) in [5, 5.41) is 2.80. The number of aldehydes is 1. The lowest BCUT2D eigenvalue weighted by atomic mass is 9.82. The van der Waals surface area contributed by atoms with E-state index < -0.39 is 29.4 Å². The lowest BCUT2D eigenvalue weighted by molar-refractivity contribution is -0.160. The zero-order valence-electron chi connectivity index (χ0n) is 18.0. The van der Waals surface area contributed by atoms with Crippen molar-refractivity contribution in [2.75, 3.05) is 13.2 Å². The number of likely N-dealkylation sites (tertiary alicyclic amines) is 1. The molecule has 0 aromatic carbocycles. The van der Waals surface area contributed by atoms with Crippen molar-refractivity contribution in [3.63, 3.8) is 0 Å². The lowest BCUT2D eigenvalue weighted by Crippen LogP contribution is -2.59. The number of carbonyl (C=O) groups excluding carboxylic acids is 4. The number of hydrogen-bond acceptors (Lipinski definition) is 5. The van der Waals surface area contributed by atoms with Crippen LogP contribution in [-0.2, 0) is 23.9 Å². The van der Waals surface area contributed by atoms with Crippen molar-refractivity contribution in [3.05, 3.63) is 0 Å². The Kier molecular flexibility index (Phi) is 9.62. The molecule has 1 aliphatic rings. The van der Waals surface area contributed by atoms with Gasteiger partial charge in [0.1, 0.15) is 12.3 Å². The second-order valence-corrected chi connectivity index (χ2v) is 8.16. The highest BCUT2D eigenvalue weighted by Crippen LogP contribution is 2.28. The summed E-state index contributed by atoms with van der Waals surface area (Å²) in [6.45, 7) is 9.45. The minimum atomic E-state index is -1.25. The van der Waals surface area contributed by atoms with E-state index in [1.165, 1.54) is 4.90 Å². The monoisotopic (exact) mass is 396 g/mol. The summed E-state index contributed by atoms with van der Waals surface area (Å²) in [5.41, 5.74) is -1.25. The van der Waals surface area contributed by atoms with Gasteiger partial charge in [-0.1, -0.05) is 33.1 Å². The normalized spacial score (nSPS) is 19.0. The maximum atomic E-state index is 13.2. The molecule has 0 aromatic heterocycles. The summed E-state index contributed by atoms with van der Waals surface area (Å²) in [6.07, 6.45) is 5.85. The third-order valence-electron chi connectivity index (χ3n) is 5.48. The number of nitrogens with zero attached hydrogens (tertiary/aromatic N) is 1. The number of rotatable bonds is 11. The molecule has 0 spiro atoms. The molecule has 7 nitrogen and oxygen atoms in total. The summed E-state index contributed by atoms with van der Waals surface area (Å²) < 4.78 is 5.14. The van der Waals surface area contributed by atoms with E-state index in [1.807, 2.05) is 6.92 Å². The van der Waals surface area contributed by atoms with E-state index in [-0.39, 0.29) is 18.4 Å². The second-order valence-electron chi connectivity index (χ2n) is 8.16. The van der Waals surface area contributed by atoms with Crippen LogP contribution in [0.5, 0.6) is 0 Å². The van der Waals surface area contributed by atoms with Crippen molar-refractivity contribution in [1.82, 2.24) is 10.2 Å². The molecular formula is C21H36N2O5. The van der Waals surface area contributed by atoms with Crippen molar-refractivity contribution >= 4 is 24.1 Å². The molecule has 0 bridgehead atoms. The molecule has 0 aromatic rings. The van der Waals surface area contributed by atoms with Crippen LogP contribution in [0.25, 0.3) is 0 Å². The molecule has 3 atom stereocenters. The van der Waals surface area contributed by atoms with Crippen LogP contribution in [0, 0.1) is 11.3 Å². The zero-order valence-corrected chi connectivity index (χ0v) is 18.0. The Labute approximate surface area is 168 Å². The van der Waals surface area contributed by atoms with Crippen molar-refractivity contribution in [3.8, 4) is 0 Å². The van der Waals surface area contributed by atoms with Crippen LogP contribution >= 0.6 is 0 Å². The number of esters is 1. The third kappa shape index (κ3) is 6.04. The molecular weight excluding hydrogens is 360 g/mol. The maximum Gasteiger partial charge on any atom is 0.314 e. The molecule has 1 fully saturated rings. The van der Waals surface area contributed by atoms with Crippen LogP contribution in [0.2, 0.25) is 0 Å². The number of nitrogens with one attached hydrogen (secondary N) is 1. The second kappa shape index (κ2) is 11.2. The third-order valence-corrected chi connectivity index (χ3v) is 5.48. The predicted octanol–water partition coefficient (Wildman–Crippen LogP) is 2.47. The Morgan fingerprint density at radius 1 is 1.25 bits per heavy atom. The lowest BCUT2D eigenvalue weighted by Gasteiger charge is -2.35. The summed E-state index contributed by atoms with van der Waals surface area (Å²) in [4.78, 5) is 51.3. The first kappa shape index (κ1) is 24.1. The smallest absolute Gasteiger partial charge is 0.314 e. The number of carbonyl (C=O) groups is 4. The minimum absolute atomic E-state index is 0.186. The van der Waals surface area contributed by atoms with Gasteiger partial charge in [0.2, 0.25) is 11.8 Å². The Balaban J connectivity index is 3.03. The van der Waals surface area contributed by atoms with Crippen LogP contribution in [0.15, 0.2) is 0 Å². The van der Waals surface area contributed by atoms with Gasteiger partial charge in [0.15, 0.2) is 0 Å². The molecule has 1 rings (SSSR count). The Morgan fingerprint density at radius 2 is 1.93 bits per heavy atom. The van der Waals surface area contributed by atoms with E-state index in [4.69, 9.17) is 4.74 Å². The van der Waals surface area contributed by atoms with Crippen LogP contribution < -0.4 is 5.32 Å². The van der Waals surface area contributed by atoms with Crippen LogP contribution in [-0.4, -0.2) is 54.2 Å². The Morgan fingerprint density at radius 3 is 2.50 bits per heavy atom. The largest absolute Gasteiger partial charge is 0.466 e. The highest BCUT2D eigenvalue weighted by atomic mass is 16.5. The number of amides is 2. The van der Waals surface area contributed by atoms with Gasteiger partial charge in [-0.15, -0.1) is 0 Å². The fourth-order valence-corrected chi connectivity index (χ4v) is 3.48. The maximum absolute atomic E-state index is 13.2. The first-order valence-electron chi connectivity index (χ1n) is 10.4. The molecule has 7 heteroatoms. The SMILES string of the molecule is CCCCCC(C)C(=O)N[C@H](C(=O)N1CCC[C@H]1C=O)C(C)(C)C(=O)OCC. The van der Waals surface area contributed by atoms with Crippen molar-refractivity contribution in [1.29, 1.82) is 0 Å². The fraction of sp³-hybridized carbons (Fsp3) is 0.810. The Bertz CT molecular complexity index is 561. The van der Waals surface area contributed by atoms with Gasteiger partial charge in [-0.25, -0.2) is 0 Å². The van der Waals surface area contributed by atoms with Gasteiger partial charge < -0.3 is 19.7 Å². The summed E-state index contributed by atoms with van der Waals surface area (Å²) in [7, 11) is 0. The standard InChI is InChI=1S/C21H36N2O5/c1-6-8-9-11-15(3)18(25)22-17(21(4,5)20(27)28-7-2)19(26)23-13-10-12-16(23)14-24/h14-17H,6-13H2,1-5H3,(H,22,25)/t15?,16-,17+/m0/s1. The van der Waals surface area contributed by atoms with Crippen LogP contribution in [0.1, 0.15) is 73.1 Å². The molecule has 1 aliphatic heterocycles. The first-order chi connectivity index (χ1) is 13.2. The molecule has 1 unspecified atom stereocenters. The quantitative estimate of drug-likeness (QED) is 0.329. The summed E-state index contributed by atoms with van der Waals surface area (Å²) >= 11 is 0. The van der Waals surface area contributed by atoms with Gasteiger partial charge in [-0.05, 0) is 40.0 Å². The Hall–Kier alpha value is -1.92. The van der Waals surface area contributed by atoms with Gasteiger partial charge in [0.25, 0.3) is 0 Å². The number of hydrogen-bond donors (Lipinski definition) is 1. The van der Waals surface area contributed by atoms with Crippen LogP contribution in [0.3, 0.4) is 0 Å². The first-order valence-corrected chi connectivity index (χ1v) is 10.4. The molecule has 0 aliphatic carbocycles. The van der Waals surface area contributed by atoms with E-state index in [2.05, 4.69) is 12.2 Å². The topological polar surface area (TPSA) is 92.8 Å². The average Bonchev–Trinajstić information content (AvgIpc) is 3.14. The molecule has 28 heavy (non-hydrogen) atoms. The number of ether oxygens (including phenoxy) is 1. The van der Waals surface area contributed by atoms with E-state index in [0.29, 0.717) is 13.0 Å². The highest BCUT2D eigenvalue weighted by Gasteiger charge is 2.47. The minimum Gasteiger partial charge on any atom is -0.466 e. The van der Waals surface area contributed by atoms with Crippen molar-refractivity contribution in [2.45, 2.75) is 85.2 Å². The van der Waals surface area contributed by atoms with Gasteiger partial charge in [0.05, 0.1) is 18.1 Å². The zero-order chi connectivity index (χ0) is 21.3. The van der Waals surface area contributed by atoms with Gasteiger partial charge in [0, 0.05) is 12.5 Å². The van der Waals surface area contributed by atoms with Crippen molar-refractivity contribution in [2.24, 2.45) is 11.3 Å². The molecule has 1 heterocycles. The summed E-state index contributed by atoms with van der Waals surface area (Å²) in [5.74, 6) is -1.47. The van der Waals surface area contributed by atoms with Crippen molar-refractivity contribution < 1.29 is 23.9 Å². The molecule has 0 saturated carbocycles. The van der Waals surface area contributed by atoms with E-state index in [0.717, 1.165) is 38.4 Å². The highest BCUT2D eigenvalue weighted by molar-refractivity contribution is 5.95. The van der Waals surface area contributed by atoms with Gasteiger partial charge in [-0.3, -0.25) is 14.4 Å². The molecule has 2 amide bonds. The molecule has 1 N–H and O–H groups in total. The van der Waals surface area contributed by atoms with E-state index in [1.54, 1.807) is 20.8 Å².